The second-order valence-electron chi connectivity index (χ2n) is 7.06. The van der Waals surface area contributed by atoms with Crippen LogP contribution in [-0.2, 0) is 4.79 Å². The zero-order valence-corrected chi connectivity index (χ0v) is 17.0. The van der Waals surface area contributed by atoms with Crippen LogP contribution in [0, 0.1) is 0 Å². The van der Waals surface area contributed by atoms with Crippen molar-refractivity contribution < 1.29 is 9.53 Å². The summed E-state index contributed by atoms with van der Waals surface area (Å²) in [5.74, 6) is 0.828. The Kier molecular flexibility index (Phi) is 5.59. The first-order valence-electron chi connectivity index (χ1n) is 9.40. The molecule has 1 unspecified atom stereocenters. The molecule has 1 aliphatic heterocycles. The average molecular weight is 440 g/mol. The highest BCUT2D eigenvalue weighted by Crippen LogP contribution is 2.25. The quantitative estimate of drug-likeness (QED) is 0.664. The number of nitrogens with two attached hydrogens (primary N) is 1. The Bertz CT molecular complexity index is 969. The molecule has 1 saturated heterocycles. The molecule has 0 aliphatic carbocycles. The Morgan fingerprint density at radius 3 is 2.61 bits per heavy atom. The van der Waals surface area contributed by atoms with Crippen molar-refractivity contribution in [1.29, 1.82) is 0 Å². The summed E-state index contributed by atoms with van der Waals surface area (Å²) in [7, 11) is 0. The van der Waals surface area contributed by atoms with Crippen LogP contribution in [0.1, 0.15) is 24.4 Å². The van der Waals surface area contributed by atoms with E-state index in [2.05, 4.69) is 20.9 Å². The molecule has 2 heterocycles. The number of benzene rings is 2. The summed E-state index contributed by atoms with van der Waals surface area (Å²) in [6, 6.07) is 15.0. The maximum Gasteiger partial charge on any atom is 0.244 e. The largest absolute Gasteiger partial charge is 0.490 e. The van der Waals surface area contributed by atoms with Crippen molar-refractivity contribution in [3.05, 3.63) is 71.0 Å². The lowest BCUT2D eigenvalue weighted by Gasteiger charge is -2.33. The van der Waals surface area contributed by atoms with Gasteiger partial charge in [0.25, 0.3) is 0 Å². The number of nitrogens with zero attached hydrogens (tertiary/aromatic N) is 2. The number of aromatic nitrogens is 1. The Balaban J connectivity index is 1.34. The third-order valence-corrected chi connectivity index (χ3v) is 5.69. The molecule has 0 bridgehead atoms. The van der Waals surface area contributed by atoms with Gasteiger partial charge >= 0.3 is 0 Å². The number of pyridine rings is 1. The van der Waals surface area contributed by atoms with Crippen LogP contribution in [0.25, 0.3) is 10.8 Å². The maximum absolute atomic E-state index is 12.7. The van der Waals surface area contributed by atoms with Crippen LogP contribution < -0.4 is 10.5 Å². The zero-order chi connectivity index (χ0) is 19.5. The molecule has 6 heteroatoms. The van der Waals surface area contributed by atoms with Gasteiger partial charge in [-0.25, -0.2) is 0 Å². The van der Waals surface area contributed by atoms with Gasteiger partial charge in [-0.05, 0) is 47.3 Å². The van der Waals surface area contributed by atoms with Crippen LogP contribution in [0.2, 0.25) is 0 Å². The number of likely N-dealkylation sites (tertiary alicyclic amines) is 1. The fraction of sp³-hybridized carbons (Fsp3) is 0.273. The van der Waals surface area contributed by atoms with Crippen LogP contribution in [0.3, 0.4) is 0 Å². The van der Waals surface area contributed by atoms with Crippen molar-refractivity contribution in [2.45, 2.75) is 25.0 Å². The van der Waals surface area contributed by atoms with E-state index >= 15 is 0 Å². The third-order valence-electron chi connectivity index (χ3n) is 5.16. The van der Waals surface area contributed by atoms with Gasteiger partial charge < -0.3 is 15.4 Å². The normalized spacial score (nSPS) is 16.1. The van der Waals surface area contributed by atoms with Crippen molar-refractivity contribution in [2.24, 2.45) is 5.73 Å². The first kappa shape index (κ1) is 18.9. The Labute approximate surface area is 172 Å². The van der Waals surface area contributed by atoms with E-state index in [1.54, 1.807) is 6.20 Å². The van der Waals surface area contributed by atoms with Crippen LogP contribution in [0.15, 0.2) is 65.4 Å². The number of rotatable bonds is 4. The van der Waals surface area contributed by atoms with E-state index in [4.69, 9.17) is 10.5 Å². The fourth-order valence-electron chi connectivity index (χ4n) is 3.53. The van der Waals surface area contributed by atoms with Gasteiger partial charge in [0, 0.05) is 48.2 Å². The predicted octanol–water partition coefficient (Wildman–Crippen LogP) is 4.07. The summed E-state index contributed by atoms with van der Waals surface area (Å²) in [4.78, 5) is 18.7. The molecule has 4 rings (SSSR count). The van der Waals surface area contributed by atoms with Gasteiger partial charge in [0.15, 0.2) is 0 Å². The first-order valence-corrected chi connectivity index (χ1v) is 10.2. The van der Waals surface area contributed by atoms with E-state index in [0.29, 0.717) is 13.1 Å². The molecule has 1 amide bonds. The van der Waals surface area contributed by atoms with Crippen LogP contribution in [-0.4, -0.2) is 35.0 Å². The number of carbonyl (C=O) groups is 1. The van der Waals surface area contributed by atoms with Crippen LogP contribution in [0.5, 0.6) is 5.75 Å². The molecule has 3 aromatic rings. The van der Waals surface area contributed by atoms with Crippen molar-refractivity contribution in [3.8, 4) is 5.75 Å². The standard InChI is InChI=1S/C22H22BrN3O2/c23-18-4-1-15(2-5-18)21(24)22(27)26-11-8-19(9-12-26)28-20-6-3-17-14-25-10-7-16(17)13-20/h1-7,10,13-14,19,21H,8-9,11-12,24H2. The molecule has 28 heavy (non-hydrogen) atoms. The Morgan fingerprint density at radius 1 is 1.11 bits per heavy atom. The number of ether oxygens (including phenoxy) is 1. The SMILES string of the molecule is NC(C(=O)N1CCC(Oc2ccc3cnccc3c2)CC1)c1ccc(Br)cc1. The lowest BCUT2D eigenvalue weighted by Crippen LogP contribution is -2.45. The topological polar surface area (TPSA) is 68.5 Å². The van der Waals surface area contributed by atoms with E-state index in [1.807, 2.05) is 59.6 Å². The average Bonchev–Trinajstić information content (AvgIpc) is 2.74. The predicted molar refractivity (Wildman–Crippen MR) is 113 cm³/mol. The Hall–Kier alpha value is -2.44. The summed E-state index contributed by atoms with van der Waals surface area (Å²) in [6.07, 6.45) is 5.33. The highest BCUT2D eigenvalue weighted by atomic mass is 79.9. The maximum atomic E-state index is 12.7. The molecule has 0 radical (unpaired) electrons. The lowest BCUT2D eigenvalue weighted by molar-refractivity contribution is -0.134. The van der Waals surface area contributed by atoms with E-state index < -0.39 is 6.04 Å². The number of fused-ring (bicyclic) bond motifs is 1. The lowest BCUT2D eigenvalue weighted by atomic mass is 10.0. The van der Waals surface area contributed by atoms with Crippen molar-refractivity contribution in [1.82, 2.24) is 9.88 Å². The molecule has 144 valence electrons. The van der Waals surface area contributed by atoms with Gasteiger partial charge in [-0.2, -0.15) is 0 Å². The second kappa shape index (κ2) is 8.29. The smallest absolute Gasteiger partial charge is 0.244 e. The molecule has 1 aromatic heterocycles. The second-order valence-corrected chi connectivity index (χ2v) is 7.97. The summed E-state index contributed by atoms with van der Waals surface area (Å²) >= 11 is 3.40. The van der Waals surface area contributed by atoms with Gasteiger partial charge in [0.1, 0.15) is 17.9 Å². The van der Waals surface area contributed by atoms with Crippen molar-refractivity contribution in [3.63, 3.8) is 0 Å². The van der Waals surface area contributed by atoms with E-state index in [1.165, 1.54) is 0 Å². The molecule has 5 nitrogen and oxygen atoms in total. The molecule has 1 fully saturated rings. The summed E-state index contributed by atoms with van der Waals surface area (Å²) < 4.78 is 7.13. The minimum Gasteiger partial charge on any atom is -0.490 e. The summed E-state index contributed by atoms with van der Waals surface area (Å²) in [5, 5.41) is 2.21. The molecule has 1 atom stereocenters. The third kappa shape index (κ3) is 4.18. The van der Waals surface area contributed by atoms with Gasteiger partial charge in [0.05, 0.1) is 0 Å². The number of amides is 1. The number of piperidine rings is 1. The van der Waals surface area contributed by atoms with Crippen molar-refractivity contribution in [2.75, 3.05) is 13.1 Å². The molecule has 1 aliphatic rings. The van der Waals surface area contributed by atoms with Gasteiger partial charge in [-0.3, -0.25) is 9.78 Å². The number of hydrogen-bond donors (Lipinski definition) is 1. The summed E-state index contributed by atoms with van der Waals surface area (Å²) in [6.45, 7) is 1.32. The minimum atomic E-state index is -0.625. The monoisotopic (exact) mass is 439 g/mol. The summed E-state index contributed by atoms with van der Waals surface area (Å²) in [5.41, 5.74) is 7.02. The van der Waals surface area contributed by atoms with Gasteiger partial charge in [-0.1, -0.05) is 28.1 Å². The fourth-order valence-corrected chi connectivity index (χ4v) is 3.79. The molecular weight excluding hydrogens is 418 g/mol. The molecular formula is C22H22BrN3O2. The zero-order valence-electron chi connectivity index (χ0n) is 15.4. The number of halogens is 1. The van der Waals surface area contributed by atoms with Gasteiger partial charge in [-0.15, -0.1) is 0 Å². The minimum absolute atomic E-state index is 0.0287. The van der Waals surface area contributed by atoms with Crippen LogP contribution >= 0.6 is 15.9 Å². The van der Waals surface area contributed by atoms with Crippen molar-refractivity contribution >= 4 is 32.6 Å². The highest BCUT2D eigenvalue weighted by Gasteiger charge is 2.28. The molecule has 0 saturated carbocycles. The Morgan fingerprint density at radius 2 is 1.86 bits per heavy atom. The molecule has 2 aromatic carbocycles. The number of carbonyl (C=O) groups excluding carboxylic acids is 1. The highest BCUT2D eigenvalue weighted by molar-refractivity contribution is 9.10. The number of hydrogen-bond acceptors (Lipinski definition) is 4. The van der Waals surface area contributed by atoms with Gasteiger partial charge in [0.2, 0.25) is 5.91 Å². The van der Waals surface area contributed by atoms with E-state index in [-0.39, 0.29) is 12.0 Å². The van der Waals surface area contributed by atoms with E-state index in [0.717, 1.165) is 39.4 Å². The van der Waals surface area contributed by atoms with E-state index in [9.17, 15) is 4.79 Å². The molecule has 2 N–H and O–H groups in total. The first-order chi connectivity index (χ1) is 13.6. The molecule has 0 spiro atoms. The van der Waals surface area contributed by atoms with Crippen LogP contribution in [0.4, 0.5) is 0 Å².